The van der Waals surface area contributed by atoms with Gasteiger partial charge in [-0.25, -0.2) is 13.2 Å². The number of hydrogen-bond acceptors (Lipinski definition) is 2. The molecular weight excluding hydrogens is 351 g/mol. The third-order valence-corrected chi connectivity index (χ3v) is 2.95. The first-order valence-corrected chi connectivity index (χ1v) is 6.58. The predicted molar refractivity (Wildman–Crippen MR) is 74.6 cm³/mol. The predicted octanol–water partition coefficient (Wildman–Crippen LogP) is 3.88. The number of carbonyl (C=O) groups is 1. The van der Waals surface area contributed by atoms with Crippen molar-refractivity contribution in [3.05, 3.63) is 58.3 Å². The molecule has 2 rings (SSSR count). The lowest BCUT2D eigenvalue weighted by atomic mass is 10.3. The van der Waals surface area contributed by atoms with Gasteiger partial charge in [0.1, 0.15) is 0 Å². The highest BCUT2D eigenvalue weighted by molar-refractivity contribution is 9.10. The Morgan fingerprint density at radius 1 is 1.05 bits per heavy atom. The molecule has 0 aromatic heterocycles. The summed E-state index contributed by atoms with van der Waals surface area (Å²) in [5.74, 6) is -3.42. The molecule has 110 valence electrons. The Morgan fingerprint density at radius 2 is 1.81 bits per heavy atom. The van der Waals surface area contributed by atoms with Crippen LogP contribution in [0.25, 0.3) is 0 Å². The van der Waals surface area contributed by atoms with E-state index in [1.165, 1.54) is 18.2 Å². The van der Waals surface area contributed by atoms with Gasteiger partial charge in [-0.3, -0.25) is 4.79 Å². The maximum absolute atomic E-state index is 13.4. The summed E-state index contributed by atoms with van der Waals surface area (Å²) in [6.07, 6.45) is 0. The molecule has 0 unspecified atom stereocenters. The fraction of sp³-hybridized carbons (Fsp3) is 0.0714. The molecular formula is C14H9BrF3NO2. The maximum atomic E-state index is 13.4. The van der Waals surface area contributed by atoms with Crippen molar-refractivity contribution in [2.75, 3.05) is 11.9 Å². The van der Waals surface area contributed by atoms with E-state index in [0.717, 1.165) is 12.1 Å². The monoisotopic (exact) mass is 359 g/mol. The number of nitrogens with one attached hydrogen (secondary N) is 1. The lowest BCUT2D eigenvalue weighted by Crippen LogP contribution is -2.20. The summed E-state index contributed by atoms with van der Waals surface area (Å²) in [6.45, 7) is -0.461. The highest BCUT2D eigenvalue weighted by atomic mass is 79.9. The molecule has 0 radical (unpaired) electrons. The third-order valence-electron chi connectivity index (χ3n) is 2.46. The molecule has 2 aromatic carbocycles. The van der Waals surface area contributed by atoms with E-state index in [1.54, 1.807) is 6.07 Å². The summed E-state index contributed by atoms with van der Waals surface area (Å²) in [5.41, 5.74) is 0.0822. The SMILES string of the molecule is O=C(COc1ccc(Br)cc1F)Nc1ccc(F)c(F)c1. The normalized spacial score (nSPS) is 10.3. The van der Waals surface area contributed by atoms with Gasteiger partial charge < -0.3 is 10.1 Å². The molecule has 0 spiro atoms. The first kappa shape index (κ1) is 15.4. The minimum Gasteiger partial charge on any atom is -0.481 e. The summed E-state index contributed by atoms with van der Waals surface area (Å²) in [6, 6.07) is 7.06. The Morgan fingerprint density at radius 3 is 2.48 bits per heavy atom. The number of anilines is 1. The van der Waals surface area contributed by atoms with Gasteiger partial charge in [0.15, 0.2) is 29.8 Å². The van der Waals surface area contributed by atoms with Crippen LogP contribution in [0.5, 0.6) is 5.75 Å². The minimum atomic E-state index is -1.08. The molecule has 21 heavy (non-hydrogen) atoms. The highest BCUT2D eigenvalue weighted by Crippen LogP contribution is 2.21. The zero-order valence-corrected chi connectivity index (χ0v) is 12.1. The fourth-order valence-corrected chi connectivity index (χ4v) is 1.84. The quantitative estimate of drug-likeness (QED) is 0.899. The Kier molecular flexibility index (Phi) is 4.85. The Bertz CT molecular complexity index is 679. The molecule has 0 saturated heterocycles. The van der Waals surface area contributed by atoms with Gasteiger partial charge in [-0.1, -0.05) is 15.9 Å². The van der Waals surface area contributed by atoms with Gasteiger partial charge in [0.05, 0.1) is 0 Å². The van der Waals surface area contributed by atoms with Crippen molar-refractivity contribution in [2.24, 2.45) is 0 Å². The van der Waals surface area contributed by atoms with Crippen molar-refractivity contribution in [3.63, 3.8) is 0 Å². The molecule has 0 fully saturated rings. The minimum absolute atomic E-state index is 0.0822. The lowest BCUT2D eigenvalue weighted by molar-refractivity contribution is -0.118. The van der Waals surface area contributed by atoms with E-state index in [2.05, 4.69) is 21.2 Å². The van der Waals surface area contributed by atoms with E-state index in [9.17, 15) is 18.0 Å². The number of benzene rings is 2. The maximum Gasteiger partial charge on any atom is 0.262 e. The van der Waals surface area contributed by atoms with Crippen LogP contribution >= 0.6 is 15.9 Å². The topological polar surface area (TPSA) is 38.3 Å². The van der Waals surface area contributed by atoms with Gasteiger partial charge in [-0.05, 0) is 30.3 Å². The number of ether oxygens (including phenoxy) is 1. The molecule has 0 aliphatic heterocycles. The fourth-order valence-electron chi connectivity index (χ4n) is 1.51. The number of rotatable bonds is 4. The Balaban J connectivity index is 1.94. The van der Waals surface area contributed by atoms with E-state index in [-0.39, 0.29) is 11.4 Å². The summed E-state index contributed by atoms with van der Waals surface area (Å²) in [5, 5.41) is 2.31. The lowest BCUT2D eigenvalue weighted by Gasteiger charge is -2.08. The van der Waals surface area contributed by atoms with Crippen LogP contribution in [0.2, 0.25) is 0 Å². The van der Waals surface area contributed by atoms with Crippen molar-refractivity contribution in [1.29, 1.82) is 0 Å². The van der Waals surface area contributed by atoms with Crippen LogP contribution in [-0.4, -0.2) is 12.5 Å². The van der Waals surface area contributed by atoms with E-state index in [0.29, 0.717) is 4.47 Å². The van der Waals surface area contributed by atoms with Gasteiger partial charge in [-0.15, -0.1) is 0 Å². The summed E-state index contributed by atoms with van der Waals surface area (Å²) < 4.78 is 44.7. The second kappa shape index (κ2) is 6.62. The van der Waals surface area contributed by atoms with Crippen LogP contribution in [0, 0.1) is 17.5 Å². The van der Waals surface area contributed by atoms with Crippen molar-refractivity contribution < 1.29 is 22.7 Å². The van der Waals surface area contributed by atoms with Crippen LogP contribution in [0.4, 0.5) is 18.9 Å². The average Bonchev–Trinajstić information content (AvgIpc) is 2.42. The van der Waals surface area contributed by atoms with Crippen LogP contribution < -0.4 is 10.1 Å². The Hall–Kier alpha value is -2.02. The number of hydrogen-bond donors (Lipinski definition) is 1. The summed E-state index contributed by atoms with van der Waals surface area (Å²) in [4.78, 5) is 11.6. The molecule has 7 heteroatoms. The van der Waals surface area contributed by atoms with Crippen LogP contribution in [0.3, 0.4) is 0 Å². The molecule has 1 amide bonds. The second-order valence-electron chi connectivity index (χ2n) is 4.04. The number of carbonyl (C=O) groups excluding carboxylic acids is 1. The molecule has 3 nitrogen and oxygen atoms in total. The second-order valence-corrected chi connectivity index (χ2v) is 4.96. The standard InChI is InChI=1S/C14H9BrF3NO2/c15-8-1-4-13(12(18)5-8)21-7-14(20)19-9-2-3-10(16)11(17)6-9/h1-6H,7H2,(H,19,20). The molecule has 1 N–H and O–H groups in total. The molecule has 0 bridgehead atoms. The van der Waals surface area contributed by atoms with Gasteiger partial charge in [0.2, 0.25) is 0 Å². The largest absolute Gasteiger partial charge is 0.481 e. The van der Waals surface area contributed by atoms with E-state index in [4.69, 9.17) is 4.74 Å². The van der Waals surface area contributed by atoms with Crippen molar-refractivity contribution in [1.82, 2.24) is 0 Å². The molecule has 0 heterocycles. The first-order valence-electron chi connectivity index (χ1n) is 5.78. The van der Waals surface area contributed by atoms with Crippen molar-refractivity contribution in [2.45, 2.75) is 0 Å². The summed E-state index contributed by atoms with van der Waals surface area (Å²) in [7, 11) is 0. The van der Waals surface area contributed by atoms with Crippen LogP contribution in [0.15, 0.2) is 40.9 Å². The zero-order chi connectivity index (χ0) is 15.4. The Labute approximate surface area is 126 Å². The first-order chi connectivity index (χ1) is 9.95. The van der Waals surface area contributed by atoms with E-state index >= 15 is 0 Å². The van der Waals surface area contributed by atoms with Crippen molar-refractivity contribution >= 4 is 27.5 Å². The number of amides is 1. The van der Waals surface area contributed by atoms with Crippen LogP contribution in [-0.2, 0) is 4.79 Å². The smallest absolute Gasteiger partial charge is 0.262 e. The van der Waals surface area contributed by atoms with E-state index < -0.39 is 30.0 Å². The molecule has 0 aliphatic carbocycles. The van der Waals surface area contributed by atoms with Gasteiger partial charge >= 0.3 is 0 Å². The zero-order valence-electron chi connectivity index (χ0n) is 10.5. The number of halogens is 4. The van der Waals surface area contributed by atoms with Crippen molar-refractivity contribution in [3.8, 4) is 5.75 Å². The van der Waals surface area contributed by atoms with Gasteiger partial charge in [-0.2, -0.15) is 0 Å². The molecule has 2 aromatic rings. The molecule has 0 atom stereocenters. The third kappa shape index (κ3) is 4.22. The van der Waals surface area contributed by atoms with Gasteiger partial charge in [0.25, 0.3) is 5.91 Å². The highest BCUT2D eigenvalue weighted by Gasteiger charge is 2.09. The molecule has 0 aliphatic rings. The van der Waals surface area contributed by atoms with Crippen LogP contribution in [0.1, 0.15) is 0 Å². The van der Waals surface area contributed by atoms with E-state index in [1.807, 2.05) is 0 Å². The summed E-state index contributed by atoms with van der Waals surface area (Å²) >= 11 is 3.09. The average molecular weight is 360 g/mol. The molecule has 0 saturated carbocycles. The van der Waals surface area contributed by atoms with Gasteiger partial charge in [0, 0.05) is 16.2 Å².